The average molecular weight is 131 g/mol. The van der Waals surface area contributed by atoms with Crippen molar-refractivity contribution in [2.45, 2.75) is 12.2 Å². The van der Waals surface area contributed by atoms with Gasteiger partial charge in [0.15, 0.2) is 0 Å². The zero-order valence-corrected chi connectivity index (χ0v) is 6.33. The van der Waals surface area contributed by atoms with Crippen LogP contribution in [0.15, 0.2) is 12.2 Å². The van der Waals surface area contributed by atoms with E-state index < -0.39 is 0 Å². The first-order valence-electron chi connectivity index (χ1n) is 2.66. The molecule has 0 rings (SSSR count). The molecule has 8 heavy (non-hydrogen) atoms. The van der Waals surface area contributed by atoms with Gasteiger partial charge in [-0.2, -0.15) is 12.6 Å². The summed E-state index contributed by atoms with van der Waals surface area (Å²) in [5, 5.41) is 3.32. The third-order valence-corrected chi connectivity index (χ3v) is 1.59. The predicted molar refractivity (Wildman–Crippen MR) is 41.5 cm³/mol. The average Bonchev–Trinajstić information content (AvgIpc) is 1.67. The van der Waals surface area contributed by atoms with E-state index >= 15 is 0 Å². The van der Waals surface area contributed by atoms with E-state index in [1.54, 1.807) is 0 Å². The summed E-state index contributed by atoms with van der Waals surface area (Å²) in [4.78, 5) is 0. The first-order chi connectivity index (χ1) is 3.68. The van der Waals surface area contributed by atoms with Crippen molar-refractivity contribution in [3.8, 4) is 0 Å². The van der Waals surface area contributed by atoms with Crippen LogP contribution in [0.4, 0.5) is 0 Å². The fraction of sp³-hybridized carbons (Fsp3) is 0.667. The highest BCUT2D eigenvalue weighted by Gasteiger charge is 1.98. The van der Waals surface area contributed by atoms with Crippen LogP contribution in [0.3, 0.4) is 0 Å². The maximum absolute atomic E-state index is 4.24. The van der Waals surface area contributed by atoms with Gasteiger partial charge < -0.3 is 5.32 Å². The van der Waals surface area contributed by atoms with Crippen LogP contribution in [0.25, 0.3) is 0 Å². The molecule has 1 atom stereocenters. The van der Waals surface area contributed by atoms with E-state index in [0.29, 0.717) is 5.25 Å². The normalized spacial score (nSPS) is 13.4. The second-order valence-electron chi connectivity index (χ2n) is 1.92. The number of thiol groups is 1. The molecule has 0 aromatic heterocycles. The molecule has 1 N–H and O–H groups in total. The molecule has 0 bridgehead atoms. The second-order valence-corrected chi connectivity index (χ2v) is 2.54. The van der Waals surface area contributed by atoms with Crippen molar-refractivity contribution in [2.75, 3.05) is 13.6 Å². The molecule has 0 aromatic rings. The maximum Gasteiger partial charge on any atom is 0.0345 e. The summed E-state index contributed by atoms with van der Waals surface area (Å²) in [6, 6.07) is 0. The fourth-order valence-electron chi connectivity index (χ4n) is 0.368. The van der Waals surface area contributed by atoms with Crippen molar-refractivity contribution in [3.05, 3.63) is 12.2 Å². The summed E-state index contributed by atoms with van der Waals surface area (Å²) >= 11 is 4.24. The molecule has 0 aromatic carbocycles. The van der Waals surface area contributed by atoms with E-state index in [4.69, 9.17) is 0 Å². The molecule has 0 heterocycles. The lowest BCUT2D eigenvalue weighted by atomic mass is 10.2. The highest BCUT2D eigenvalue weighted by molar-refractivity contribution is 7.81. The zero-order chi connectivity index (χ0) is 6.57. The van der Waals surface area contributed by atoms with Crippen molar-refractivity contribution < 1.29 is 0 Å². The van der Waals surface area contributed by atoms with Gasteiger partial charge in [0, 0.05) is 11.8 Å². The minimum Gasteiger partial charge on any atom is -0.318 e. The van der Waals surface area contributed by atoms with Gasteiger partial charge in [0.2, 0.25) is 0 Å². The lowest BCUT2D eigenvalue weighted by Crippen LogP contribution is -2.19. The highest BCUT2D eigenvalue weighted by atomic mass is 32.1. The molecule has 0 saturated carbocycles. The lowest BCUT2D eigenvalue weighted by molar-refractivity contribution is 0.802. The molecule has 0 aliphatic heterocycles. The second kappa shape index (κ2) is 3.98. The monoisotopic (exact) mass is 131 g/mol. The Bertz CT molecular complexity index is 80.6. The Morgan fingerprint density at radius 3 is 2.50 bits per heavy atom. The maximum atomic E-state index is 4.24. The van der Waals surface area contributed by atoms with E-state index in [0.717, 1.165) is 12.1 Å². The van der Waals surface area contributed by atoms with Crippen LogP contribution in [-0.2, 0) is 0 Å². The van der Waals surface area contributed by atoms with E-state index in [1.807, 2.05) is 14.0 Å². The van der Waals surface area contributed by atoms with Crippen molar-refractivity contribution in [1.29, 1.82) is 0 Å². The molecule has 0 spiro atoms. The minimum absolute atomic E-state index is 0.306. The molecular weight excluding hydrogens is 118 g/mol. The first-order valence-corrected chi connectivity index (χ1v) is 3.18. The zero-order valence-electron chi connectivity index (χ0n) is 5.44. The van der Waals surface area contributed by atoms with Gasteiger partial charge in [0.1, 0.15) is 0 Å². The van der Waals surface area contributed by atoms with E-state index in [-0.39, 0.29) is 0 Å². The molecule has 1 unspecified atom stereocenters. The number of hydrogen-bond donors (Lipinski definition) is 2. The lowest BCUT2D eigenvalue weighted by Gasteiger charge is -2.07. The summed E-state index contributed by atoms with van der Waals surface area (Å²) < 4.78 is 0. The van der Waals surface area contributed by atoms with Crippen LogP contribution < -0.4 is 5.32 Å². The molecule has 0 amide bonds. The van der Waals surface area contributed by atoms with Crippen molar-refractivity contribution >= 4 is 12.6 Å². The Labute approximate surface area is 56.6 Å². The molecule has 0 aliphatic rings. The summed E-state index contributed by atoms with van der Waals surface area (Å²) in [7, 11) is 1.91. The van der Waals surface area contributed by atoms with E-state index in [9.17, 15) is 0 Å². The van der Waals surface area contributed by atoms with Crippen LogP contribution in [0.5, 0.6) is 0 Å². The Kier molecular flexibility index (Phi) is 4.01. The smallest absolute Gasteiger partial charge is 0.0345 e. The van der Waals surface area contributed by atoms with Crippen LogP contribution >= 0.6 is 12.6 Å². The fourth-order valence-corrected chi connectivity index (χ4v) is 0.550. The van der Waals surface area contributed by atoms with Gasteiger partial charge in [-0.15, -0.1) is 0 Å². The molecule has 2 heteroatoms. The summed E-state index contributed by atoms with van der Waals surface area (Å²) in [6.45, 7) is 6.64. The molecule has 0 radical (unpaired) electrons. The molecule has 48 valence electrons. The van der Waals surface area contributed by atoms with E-state index in [1.165, 1.54) is 0 Å². The Morgan fingerprint density at radius 1 is 1.88 bits per heavy atom. The van der Waals surface area contributed by atoms with Crippen molar-refractivity contribution in [2.24, 2.45) is 0 Å². The first kappa shape index (κ1) is 8.05. The summed E-state index contributed by atoms with van der Waals surface area (Å²) in [5.41, 5.74) is 1.11. The van der Waals surface area contributed by atoms with Crippen LogP contribution in [0.2, 0.25) is 0 Å². The Morgan fingerprint density at radius 2 is 2.38 bits per heavy atom. The van der Waals surface area contributed by atoms with Crippen molar-refractivity contribution in [3.63, 3.8) is 0 Å². The molecule has 0 fully saturated rings. The highest BCUT2D eigenvalue weighted by Crippen LogP contribution is 2.02. The van der Waals surface area contributed by atoms with E-state index in [2.05, 4.69) is 24.5 Å². The third kappa shape index (κ3) is 3.10. The molecule has 0 aliphatic carbocycles. The summed E-state index contributed by atoms with van der Waals surface area (Å²) in [6.07, 6.45) is 0. The molecular formula is C6H13NS. The van der Waals surface area contributed by atoms with Gasteiger partial charge in [0.25, 0.3) is 0 Å². The Balaban J connectivity index is 3.32. The van der Waals surface area contributed by atoms with Gasteiger partial charge in [0.05, 0.1) is 0 Å². The third-order valence-electron chi connectivity index (χ3n) is 0.966. The predicted octanol–water partition coefficient (Wildman–Crippen LogP) is 1.08. The topological polar surface area (TPSA) is 12.0 Å². The van der Waals surface area contributed by atoms with Crippen LogP contribution in [-0.4, -0.2) is 18.8 Å². The minimum atomic E-state index is 0.306. The van der Waals surface area contributed by atoms with Crippen LogP contribution in [0.1, 0.15) is 6.92 Å². The standard InChI is InChI=1S/C6H13NS/c1-5(2)6(8)4-7-3/h6-8H,1,4H2,2-3H3. The van der Waals surface area contributed by atoms with Gasteiger partial charge in [-0.1, -0.05) is 12.2 Å². The SMILES string of the molecule is C=C(C)C(S)CNC. The molecule has 0 saturated heterocycles. The van der Waals surface area contributed by atoms with Crippen molar-refractivity contribution in [1.82, 2.24) is 5.32 Å². The molecule has 1 nitrogen and oxygen atoms in total. The van der Waals surface area contributed by atoms with Crippen LogP contribution in [0, 0.1) is 0 Å². The largest absolute Gasteiger partial charge is 0.318 e. The quantitative estimate of drug-likeness (QED) is 0.431. The summed E-state index contributed by atoms with van der Waals surface area (Å²) in [5.74, 6) is 0. The van der Waals surface area contributed by atoms with Gasteiger partial charge in [-0.3, -0.25) is 0 Å². The Hall–Kier alpha value is 0.0500. The number of nitrogens with one attached hydrogen (secondary N) is 1. The number of hydrogen-bond acceptors (Lipinski definition) is 2. The number of rotatable bonds is 3. The van der Waals surface area contributed by atoms with Gasteiger partial charge in [-0.25, -0.2) is 0 Å². The van der Waals surface area contributed by atoms with Gasteiger partial charge >= 0.3 is 0 Å². The van der Waals surface area contributed by atoms with Gasteiger partial charge in [-0.05, 0) is 14.0 Å².